The number of carbonyl (C=O) groups is 2. The lowest BCUT2D eigenvalue weighted by Crippen LogP contribution is -2.61. The first-order chi connectivity index (χ1) is 20.4. The van der Waals surface area contributed by atoms with Crippen molar-refractivity contribution < 1.29 is 81.2 Å². The Balaban J connectivity index is 0. The molecule has 276 valence electrons. The molecule has 0 aromatic carbocycles. The van der Waals surface area contributed by atoms with E-state index in [0.29, 0.717) is 7.11 Å². The van der Waals surface area contributed by atoms with Gasteiger partial charge in [0.25, 0.3) is 11.2 Å². The van der Waals surface area contributed by atoms with Gasteiger partial charge in [-0.15, -0.1) is 0 Å². The van der Waals surface area contributed by atoms with Gasteiger partial charge in [0, 0.05) is 14.2 Å². The quantitative estimate of drug-likeness (QED) is 0.176. The molecule has 0 saturated heterocycles. The van der Waals surface area contributed by atoms with E-state index in [1.807, 2.05) is 20.8 Å². The highest BCUT2D eigenvalue weighted by atomic mass is 19.4. The van der Waals surface area contributed by atoms with Crippen LogP contribution in [0.1, 0.15) is 93.4 Å². The van der Waals surface area contributed by atoms with Crippen molar-refractivity contribution in [2.45, 2.75) is 135 Å². The number of hydrogen-bond donors (Lipinski definition) is 0. The second kappa shape index (κ2) is 16.9. The van der Waals surface area contributed by atoms with Crippen LogP contribution >= 0.6 is 0 Å². The summed E-state index contributed by atoms with van der Waals surface area (Å²) >= 11 is 0. The van der Waals surface area contributed by atoms with Gasteiger partial charge in [-0.2, -0.15) is 52.7 Å². The van der Waals surface area contributed by atoms with E-state index >= 15 is 0 Å². The van der Waals surface area contributed by atoms with E-state index in [1.54, 1.807) is 6.92 Å². The van der Waals surface area contributed by atoms with Gasteiger partial charge in [-0.25, -0.2) is 0 Å². The van der Waals surface area contributed by atoms with Crippen LogP contribution in [0.2, 0.25) is 0 Å². The molecule has 1 fully saturated rings. The first-order valence-electron chi connectivity index (χ1n) is 14.1. The highest BCUT2D eigenvalue weighted by Gasteiger charge is 2.73. The van der Waals surface area contributed by atoms with Gasteiger partial charge in [0.15, 0.2) is 0 Å². The lowest BCUT2D eigenvalue weighted by atomic mass is 9.90. The molecule has 0 N–H and O–H groups in total. The van der Waals surface area contributed by atoms with Crippen LogP contribution < -0.4 is 0 Å². The second-order valence-corrected chi connectivity index (χ2v) is 12.0. The molecule has 0 aromatic heterocycles. The normalized spacial score (nSPS) is 16.0. The van der Waals surface area contributed by atoms with Crippen molar-refractivity contribution in [3.05, 3.63) is 0 Å². The second-order valence-electron chi connectivity index (χ2n) is 12.0. The molecule has 0 unspecified atom stereocenters. The third-order valence-electron chi connectivity index (χ3n) is 7.86. The van der Waals surface area contributed by atoms with Crippen molar-refractivity contribution in [2.24, 2.45) is 10.8 Å². The van der Waals surface area contributed by atoms with Crippen molar-refractivity contribution in [3.8, 4) is 0 Å². The molecule has 0 radical (unpaired) electrons. The molecule has 0 aliphatic heterocycles. The Bertz CT molecular complexity index is 903. The van der Waals surface area contributed by atoms with Gasteiger partial charge in [0.2, 0.25) is 0 Å². The summed E-state index contributed by atoms with van der Waals surface area (Å²) in [6, 6.07) is 0. The molecule has 0 heterocycles. The van der Waals surface area contributed by atoms with Gasteiger partial charge in [-0.3, -0.25) is 9.59 Å². The number of halogens is 12. The van der Waals surface area contributed by atoms with Crippen molar-refractivity contribution in [2.75, 3.05) is 20.8 Å². The van der Waals surface area contributed by atoms with Gasteiger partial charge in [-0.05, 0) is 73.1 Å². The average molecular weight is 705 g/mol. The molecule has 0 bridgehead atoms. The van der Waals surface area contributed by atoms with Crippen molar-refractivity contribution in [1.82, 2.24) is 0 Å². The summed E-state index contributed by atoms with van der Waals surface area (Å²) in [4.78, 5) is 23.2. The van der Waals surface area contributed by atoms with Crippen LogP contribution in [0.15, 0.2) is 0 Å². The zero-order valence-electron chi connectivity index (χ0n) is 27.2. The predicted molar refractivity (Wildman–Crippen MR) is 141 cm³/mol. The van der Waals surface area contributed by atoms with Crippen molar-refractivity contribution in [3.63, 3.8) is 0 Å². The number of hydrogen-bond acceptors (Lipinski definition) is 6. The number of esters is 2. The first kappa shape index (κ1) is 46.1. The molecule has 1 aliphatic carbocycles. The van der Waals surface area contributed by atoms with Crippen LogP contribution in [0.4, 0.5) is 52.7 Å². The van der Waals surface area contributed by atoms with Crippen LogP contribution in [0.25, 0.3) is 0 Å². The molecule has 46 heavy (non-hydrogen) atoms. The number of ether oxygens (including phenoxy) is 4. The molecular weight excluding hydrogens is 660 g/mol. The SMILES string of the molecule is CCC(C)(C)C(=O)OC1CCCCC1.CCC(C)(C)C(=O)OCC(OC)(C(F)(F)F)C(F)(F)F.COC(C)(C(F)(F)F)C(F)(F)F. The van der Waals surface area contributed by atoms with Crippen LogP contribution in [0.5, 0.6) is 0 Å². The molecular formula is C28H44F12O6. The fourth-order valence-corrected chi connectivity index (χ4v) is 3.15. The fraction of sp³-hybridized carbons (Fsp3) is 0.929. The van der Waals surface area contributed by atoms with E-state index in [1.165, 1.54) is 33.1 Å². The molecule has 0 atom stereocenters. The minimum Gasteiger partial charge on any atom is -0.462 e. The molecule has 0 amide bonds. The summed E-state index contributed by atoms with van der Waals surface area (Å²) in [6.07, 6.45) is -15.4. The van der Waals surface area contributed by atoms with Crippen molar-refractivity contribution in [1.29, 1.82) is 0 Å². The highest BCUT2D eigenvalue weighted by Crippen LogP contribution is 2.46. The Morgan fingerprint density at radius 3 is 1.22 bits per heavy atom. The Kier molecular flexibility index (Phi) is 17.0. The monoisotopic (exact) mass is 704 g/mol. The minimum atomic E-state index is -5.77. The van der Waals surface area contributed by atoms with Crippen LogP contribution in [-0.2, 0) is 28.5 Å². The molecule has 1 rings (SSSR count). The third-order valence-corrected chi connectivity index (χ3v) is 7.86. The predicted octanol–water partition coefficient (Wildman–Crippen LogP) is 9.29. The van der Waals surface area contributed by atoms with E-state index in [2.05, 4.69) is 14.2 Å². The van der Waals surface area contributed by atoms with Gasteiger partial charge >= 0.3 is 36.6 Å². The van der Waals surface area contributed by atoms with Gasteiger partial charge in [-0.1, -0.05) is 20.3 Å². The zero-order chi connectivity index (χ0) is 37.2. The average Bonchev–Trinajstić information content (AvgIpc) is 2.91. The molecule has 0 spiro atoms. The van der Waals surface area contributed by atoms with E-state index in [4.69, 9.17) is 4.74 Å². The number of methoxy groups -OCH3 is 2. The Hall–Kier alpha value is -1.98. The molecule has 18 heteroatoms. The fourth-order valence-electron chi connectivity index (χ4n) is 3.15. The van der Waals surface area contributed by atoms with E-state index < -0.39 is 53.9 Å². The summed E-state index contributed by atoms with van der Waals surface area (Å²) in [5.74, 6) is -1.18. The number of rotatable bonds is 9. The molecule has 1 saturated carbocycles. The van der Waals surface area contributed by atoms with Gasteiger partial charge < -0.3 is 18.9 Å². The maximum atomic E-state index is 12.7. The zero-order valence-corrected chi connectivity index (χ0v) is 27.2. The smallest absolute Gasteiger partial charge is 0.430 e. The topological polar surface area (TPSA) is 71.1 Å². The van der Waals surface area contributed by atoms with E-state index in [9.17, 15) is 62.3 Å². The standard InChI is InChI=1S/C12H22O2.C11H16F6O3.C5H6F6O/c1-4-12(2,3)11(13)14-10-8-6-5-7-9-10;1-5-8(2,3)7(18)20-6-9(19-4,10(12,13)14)11(15,16)17;1-3(12-2,4(6,7)8)5(9,10)11/h10H,4-9H2,1-3H3;5-6H2,1-4H3;1-2H3. The largest absolute Gasteiger partial charge is 0.462 e. The molecule has 0 aromatic rings. The summed E-state index contributed by atoms with van der Waals surface area (Å²) < 4.78 is 163. The van der Waals surface area contributed by atoms with E-state index in [-0.39, 0.29) is 37.9 Å². The summed E-state index contributed by atoms with van der Waals surface area (Å²) in [6.45, 7) is 8.17. The van der Waals surface area contributed by atoms with Crippen LogP contribution in [0, 0.1) is 10.8 Å². The van der Waals surface area contributed by atoms with Gasteiger partial charge in [0.1, 0.15) is 12.7 Å². The van der Waals surface area contributed by atoms with Gasteiger partial charge in [0.05, 0.1) is 10.8 Å². The Morgan fingerprint density at radius 2 is 0.957 bits per heavy atom. The molecule has 1 aliphatic rings. The number of alkyl halides is 12. The minimum absolute atomic E-state index is 0.0214. The lowest BCUT2D eigenvalue weighted by molar-refractivity contribution is -0.382. The first-order valence-corrected chi connectivity index (χ1v) is 14.1. The van der Waals surface area contributed by atoms with Crippen LogP contribution in [-0.4, -0.2) is 74.8 Å². The summed E-state index contributed by atoms with van der Waals surface area (Å²) in [7, 11) is 0.626. The van der Waals surface area contributed by atoms with Crippen LogP contribution in [0.3, 0.4) is 0 Å². The third kappa shape index (κ3) is 12.2. The highest BCUT2D eigenvalue weighted by molar-refractivity contribution is 5.76. The summed E-state index contributed by atoms with van der Waals surface area (Å²) in [5.41, 5.74) is -10.1. The number of carbonyl (C=O) groups excluding carboxylic acids is 2. The maximum Gasteiger partial charge on any atom is 0.430 e. The maximum absolute atomic E-state index is 12.7. The Morgan fingerprint density at radius 1 is 0.587 bits per heavy atom. The summed E-state index contributed by atoms with van der Waals surface area (Å²) in [5, 5.41) is 0. The van der Waals surface area contributed by atoms with E-state index in [0.717, 1.165) is 19.3 Å². The van der Waals surface area contributed by atoms with Crippen molar-refractivity contribution >= 4 is 11.9 Å². The molecule has 6 nitrogen and oxygen atoms in total. The Labute approximate surface area is 260 Å². The lowest BCUT2D eigenvalue weighted by Gasteiger charge is -2.35.